The molecule has 1 aliphatic carbocycles. The van der Waals surface area contributed by atoms with Gasteiger partial charge in [0.05, 0.1) is 4.21 Å². The summed E-state index contributed by atoms with van der Waals surface area (Å²) < 4.78 is 1.44. The van der Waals surface area contributed by atoms with Gasteiger partial charge in [0.15, 0.2) is 0 Å². The van der Waals surface area contributed by atoms with Crippen LogP contribution in [0, 0.1) is 5.92 Å². The van der Waals surface area contributed by atoms with Crippen LogP contribution in [-0.4, -0.2) is 11.3 Å². The molecule has 1 heterocycles. The summed E-state index contributed by atoms with van der Waals surface area (Å²) in [5.74, 6) is 0.673. The van der Waals surface area contributed by atoms with Crippen molar-refractivity contribution in [3.05, 3.63) is 17.5 Å². The van der Waals surface area contributed by atoms with E-state index < -0.39 is 0 Å². The summed E-state index contributed by atoms with van der Waals surface area (Å²) in [5, 5.41) is 2.88. The summed E-state index contributed by atoms with van der Waals surface area (Å²) in [6.45, 7) is 2.28. The fraction of sp³-hybridized carbons (Fsp3) is 0.600. The van der Waals surface area contributed by atoms with Gasteiger partial charge in [-0.05, 0) is 30.2 Å². The van der Waals surface area contributed by atoms with Gasteiger partial charge in [0.25, 0.3) is 0 Å². The average Bonchev–Trinajstić information content (AvgIpc) is 2.71. The predicted octanol–water partition coefficient (Wildman–Crippen LogP) is 2.97. The van der Waals surface area contributed by atoms with Crippen molar-refractivity contribution in [3.63, 3.8) is 0 Å². The Morgan fingerprint density at radius 2 is 2.38 bits per heavy atom. The summed E-state index contributed by atoms with van der Waals surface area (Å²) in [6, 6.07) is 4.75. The van der Waals surface area contributed by atoms with Crippen LogP contribution < -0.4 is 5.73 Å². The lowest BCUT2D eigenvalue weighted by molar-refractivity contribution is 0.535. The molecule has 1 aromatic rings. The lowest BCUT2D eigenvalue weighted by Crippen LogP contribution is -2.25. The van der Waals surface area contributed by atoms with Gasteiger partial charge in [0.1, 0.15) is 0 Å². The highest BCUT2D eigenvalue weighted by atomic mass is 32.2. The van der Waals surface area contributed by atoms with Crippen LogP contribution in [0.1, 0.15) is 19.8 Å². The van der Waals surface area contributed by atoms with E-state index in [9.17, 15) is 0 Å². The number of hydrogen-bond donors (Lipinski definition) is 1. The van der Waals surface area contributed by atoms with Crippen molar-refractivity contribution in [2.75, 3.05) is 0 Å². The molecule has 0 amide bonds. The van der Waals surface area contributed by atoms with Gasteiger partial charge >= 0.3 is 0 Å². The van der Waals surface area contributed by atoms with Crippen LogP contribution in [0.5, 0.6) is 0 Å². The van der Waals surface area contributed by atoms with Gasteiger partial charge in [-0.3, -0.25) is 0 Å². The van der Waals surface area contributed by atoms with Crippen molar-refractivity contribution in [2.24, 2.45) is 11.7 Å². The predicted molar refractivity (Wildman–Crippen MR) is 60.3 cm³/mol. The van der Waals surface area contributed by atoms with E-state index >= 15 is 0 Å². The van der Waals surface area contributed by atoms with Crippen molar-refractivity contribution >= 4 is 23.1 Å². The Kier molecular flexibility index (Phi) is 2.96. The molecular formula is C10H15NS2. The highest BCUT2D eigenvalue weighted by Crippen LogP contribution is 2.39. The standard InChI is InChI=1S/C10H15NS2/c1-7-8(11)4-5-9(7)13-10-3-2-6-12-10/h2-3,6-9H,4-5,11H2,1H3. The van der Waals surface area contributed by atoms with Crippen molar-refractivity contribution in [3.8, 4) is 0 Å². The smallest absolute Gasteiger partial charge is 0.0601 e. The molecule has 0 aromatic carbocycles. The molecule has 0 aliphatic heterocycles. The van der Waals surface area contributed by atoms with Gasteiger partial charge in [-0.25, -0.2) is 0 Å². The normalized spacial score (nSPS) is 33.8. The first kappa shape index (κ1) is 9.56. The lowest BCUT2D eigenvalue weighted by Gasteiger charge is -2.16. The van der Waals surface area contributed by atoms with E-state index in [0.717, 1.165) is 5.25 Å². The van der Waals surface area contributed by atoms with Crippen molar-refractivity contribution in [1.29, 1.82) is 0 Å². The minimum atomic E-state index is 0.428. The largest absolute Gasteiger partial charge is 0.327 e. The Hall–Kier alpha value is 0.01000. The molecule has 1 nitrogen and oxygen atoms in total. The highest BCUT2D eigenvalue weighted by Gasteiger charge is 2.30. The van der Waals surface area contributed by atoms with Gasteiger partial charge in [-0.15, -0.1) is 23.1 Å². The van der Waals surface area contributed by atoms with E-state index in [-0.39, 0.29) is 0 Å². The zero-order valence-corrected chi connectivity index (χ0v) is 9.41. The first-order chi connectivity index (χ1) is 6.27. The van der Waals surface area contributed by atoms with Crippen LogP contribution in [0.25, 0.3) is 0 Å². The number of rotatable bonds is 2. The molecule has 1 saturated carbocycles. The molecule has 0 bridgehead atoms. The van der Waals surface area contributed by atoms with Crippen LogP contribution in [-0.2, 0) is 0 Å². The Morgan fingerprint density at radius 1 is 1.54 bits per heavy atom. The van der Waals surface area contributed by atoms with Crippen LogP contribution in [0.4, 0.5) is 0 Å². The number of nitrogens with two attached hydrogens (primary N) is 1. The second kappa shape index (κ2) is 4.03. The molecule has 1 aliphatic rings. The molecule has 3 heteroatoms. The zero-order valence-electron chi connectivity index (χ0n) is 7.77. The minimum absolute atomic E-state index is 0.428. The SMILES string of the molecule is CC1C(N)CCC1Sc1cccs1. The summed E-state index contributed by atoms with van der Waals surface area (Å²) in [5.41, 5.74) is 5.99. The molecule has 0 radical (unpaired) electrons. The van der Waals surface area contributed by atoms with Gasteiger partial charge in [-0.2, -0.15) is 0 Å². The minimum Gasteiger partial charge on any atom is -0.327 e. The van der Waals surface area contributed by atoms with E-state index in [0.29, 0.717) is 12.0 Å². The van der Waals surface area contributed by atoms with Gasteiger partial charge in [-0.1, -0.05) is 13.0 Å². The quantitative estimate of drug-likeness (QED) is 0.817. The molecule has 1 aromatic heterocycles. The maximum absolute atomic E-state index is 5.99. The van der Waals surface area contributed by atoms with Gasteiger partial charge < -0.3 is 5.73 Å². The van der Waals surface area contributed by atoms with Crippen LogP contribution in [0.15, 0.2) is 21.7 Å². The molecule has 72 valence electrons. The van der Waals surface area contributed by atoms with Gasteiger partial charge in [0, 0.05) is 11.3 Å². The molecule has 0 spiro atoms. The summed E-state index contributed by atoms with van der Waals surface area (Å²) >= 11 is 3.84. The molecule has 0 saturated heterocycles. The van der Waals surface area contributed by atoms with Crippen LogP contribution in [0.2, 0.25) is 0 Å². The Labute approximate surface area is 87.7 Å². The monoisotopic (exact) mass is 213 g/mol. The second-order valence-electron chi connectivity index (χ2n) is 3.69. The van der Waals surface area contributed by atoms with Crippen molar-refractivity contribution in [2.45, 2.75) is 35.3 Å². The first-order valence-corrected chi connectivity index (χ1v) is 6.49. The summed E-state index contributed by atoms with van der Waals surface area (Å²) in [7, 11) is 0. The van der Waals surface area contributed by atoms with Crippen LogP contribution in [0.3, 0.4) is 0 Å². The molecule has 2 rings (SSSR count). The molecular weight excluding hydrogens is 198 g/mol. The van der Waals surface area contributed by atoms with Crippen molar-refractivity contribution < 1.29 is 0 Å². The molecule has 3 unspecified atom stereocenters. The summed E-state index contributed by atoms with van der Waals surface area (Å²) in [6.07, 6.45) is 2.48. The van der Waals surface area contributed by atoms with E-state index in [4.69, 9.17) is 5.73 Å². The molecule has 2 N–H and O–H groups in total. The second-order valence-corrected chi connectivity index (χ2v) is 6.18. The lowest BCUT2D eigenvalue weighted by atomic mass is 10.1. The van der Waals surface area contributed by atoms with Gasteiger partial charge in [0.2, 0.25) is 0 Å². The van der Waals surface area contributed by atoms with E-state index in [1.165, 1.54) is 17.1 Å². The maximum Gasteiger partial charge on any atom is 0.0601 e. The van der Waals surface area contributed by atoms with E-state index in [2.05, 4.69) is 24.4 Å². The highest BCUT2D eigenvalue weighted by molar-refractivity contribution is 8.01. The topological polar surface area (TPSA) is 26.0 Å². The Morgan fingerprint density at radius 3 is 2.92 bits per heavy atom. The number of thioether (sulfide) groups is 1. The summed E-state index contributed by atoms with van der Waals surface area (Å²) in [4.78, 5) is 0. The fourth-order valence-electron chi connectivity index (χ4n) is 1.80. The van der Waals surface area contributed by atoms with E-state index in [1.807, 2.05) is 23.1 Å². The number of thiophene rings is 1. The van der Waals surface area contributed by atoms with Crippen LogP contribution >= 0.6 is 23.1 Å². The third-order valence-electron chi connectivity index (χ3n) is 2.81. The fourth-order valence-corrected chi connectivity index (χ4v) is 4.14. The molecule has 3 atom stereocenters. The maximum atomic E-state index is 5.99. The average molecular weight is 213 g/mol. The third-order valence-corrected chi connectivity index (χ3v) is 5.38. The van der Waals surface area contributed by atoms with Crippen molar-refractivity contribution in [1.82, 2.24) is 0 Å². The zero-order chi connectivity index (χ0) is 9.26. The first-order valence-electron chi connectivity index (χ1n) is 4.73. The Bertz CT molecular complexity index is 258. The van der Waals surface area contributed by atoms with E-state index in [1.54, 1.807) is 0 Å². The molecule has 1 fully saturated rings. The number of hydrogen-bond acceptors (Lipinski definition) is 3. The Balaban J connectivity index is 1.96. The molecule has 13 heavy (non-hydrogen) atoms. The third kappa shape index (κ3) is 2.09.